The second-order valence-electron chi connectivity index (χ2n) is 6.11. The molecule has 4 heteroatoms. The van der Waals surface area contributed by atoms with Gasteiger partial charge in [0.15, 0.2) is 5.96 Å². The highest BCUT2D eigenvalue weighted by atomic mass is 127. The van der Waals surface area contributed by atoms with E-state index in [4.69, 9.17) is 0 Å². The number of halogens is 1. The van der Waals surface area contributed by atoms with E-state index in [1.807, 2.05) is 7.05 Å². The van der Waals surface area contributed by atoms with E-state index in [9.17, 15) is 0 Å². The molecule has 0 amide bonds. The van der Waals surface area contributed by atoms with Crippen LogP contribution in [0, 0.1) is 5.41 Å². The summed E-state index contributed by atoms with van der Waals surface area (Å²) in [5.41, 5.74) is 1.81. The van der Waals surface area contributed by atoms with Crippen LogP contribution < -0.4 is 10.6 Å². The lowest BCUT2D eigenvalue weighted by Gasteiger charge is -2.25. The third-order valence-corrected chi connectivity index (χ3v) is 4.27. The van der Waals surface area contributed by atoms with Gasteiger partial charge in [-0.3, -0.25) is 4.99 Å². The van der Waals surface area contributed by atoms with Gasteiger partial charge in [-0.15, -0.1) is 24.0 Å². The maximum Gasteiger partial charge on any atom is 0.191 e. The number of nitrogens with zero attached hydrogens (tertiary/aromatic N) is 1. The van der Waals surface area contributed by atoms with E-state index in [1.54, 1.807) is 0 Å². The van der Waals surface area contributed by atoms with Crippen molar-refractivity contribution in [3.05, 3.63) is 35.9 Å². The average Bonchev–Trinajstić information content (AvgIpc) is 2.91. The second kappa shape index (κ2) is 9.28. The minimum Gasteiger partial charge on any atom is -0.356 e. The largest absolute Gasteiger partial charge is 0.356 e. The van der Waals surface area contributed by atoms with Gasteiger partial charge in [-0.1, -0.05) is 50.1 Å². The lowest BCUT2D eigenvalue weighted by molar-refractivity contribution is 0.334. The quantitative estimate of drug-likeness (QED) is 0.450. The first-order chi connectivity index (χ1) is 9.72. The first-order valence-corrected chi connectivity index (χ1v) is 7.70. The monoisotopic (exact) mass is 401 g/mol. The molecule has 21 heavy (non-hydrogen) atoms. The lowest BCUT2D eigenvalue weighted by Crippen LogP contribution is -2.42. The Balaban J connectivity index is 0.00000220. The van der Waals surface area contributed by atoms with Crippen molar-refractivity contribution in [3.8, 4) is 0 Å². The van der Waals surface area contributed by atoms with Crippen LogP contribution in [0.25, 0.3) is 0 Å². The highest BCUT2D eigenvalue weighted by Crippen LogP contribution is 2.36. The molecule has 1 saturated carbocycles. The predicted octanol–water partition coefficient (Wildman–Crippen LogP) is 3.59. The van der Waals surface area contributed by atoms with Crippen molar-refractivity contribution in [1.82, 2.24) is 10.6 Å². The Bertz CT molecular complexity index is 425. The number of nitrogens with one attached hydrogen (secondary N) is 2. The molecular formula is C17H28IN3. The molecule has 0 aromatic heterocycles. The molecule has 0 spiro atoms. The first kappa shape index (κ1) is 18.3. The molecule has 1 aliphatic rings. The van der Waals surface area contributed by atoms with Gasteiger partial charge in [0, 0.05) is 20.1 Å². The fourth-order valence-electron chi connectivity index (χ4n) is 2.89. The van der Waals surface area contributed by atoms with Gasteiger partial charge in [0.05, 0.1) is 0 Å². The van der Waals surface area contributed by atoms with Crippen LogP contribution in [0.15, 0.2) is 35.3 Å². The summed E-state index contributed by atoms with van der Waals surface area (Å²) in [6.07, 6.45) is 6.44. The lowest BCUT2D eigenvalue weighted by atomic mass is 9.89. The van der Waals surface area contributed by atoms with Gasteiger partial charge in [0.2, 0.25) is 0 Å². The van der Waals surface area contributed by atoms with Gasteiger partial charge in [0.25, 0.3) is 0 Å². The Morgan fingerprint density at radius 3 is 2.43 bits per heavy atom. The number of hydrogen-bond acceptors (Lipinski definition) is 1. The van der Waals surface area contributed by atoms with Crippen LogP contribution in [0.3, 0.4) is 0 Å². The van der Waals surface area contributed by atoms with Crippen molar-refractivity contribution < 1.29 is 0 Å². The summed E-state index contributed by atoms with van der Waals surface area (Å²) < 4.78 is 0. The van der Waals surface area contributed by atoms with Gasteiger partial charge >= 0.3 is 0 Å². The number of benzene rings is 1. The summed E-state index contributed by atoms with van der Waals surface area (Å²) in [4.78, 5) is 4.31. The zero-order chi connectivity index (χ0) is 14.3. The number of hydrogen-bond donors (Lipinski definition) is 2. The van der Waals surface area contributed by atoms with Crippen LogP contribution >= 0.6 is 24.0 Å². The van der Waals surface area contributed by atoms with Crippen LogP contribution in [-0.2, 0) is 6.42 Å². The van der Waals surface area contributed by atoms with Gasteiger partial charge in [-0.05, 0) is 30.2 Å². The molecule has 3 nitrogen and oxygen atoms in total. The predicted molar refractivity (Wildman–Crippen MR) is 102 cm³/mol. The second-order valence-corrected chi connectivity index (χ2v) is 6.11. The molecule has 0 unspecified atom stereocenters. The van der Waals surface area contributed by atoms with Crippen molar-refractivity contribution in [2.75, 3.05) is 20.1 Å². The van der Waals surface area contributed by atoms with Crippen LogP contribution in [0.2, 0.25) is 0 Å². The van der Waals surface area contributed by atoms with E-state index < -0.39 is 0 Å². The van der Waals surface area contributed by atoms with Gasteiger partial charge in [-0.2, -0.15) is 0 Å². The Kier molecular flexibility index (Phi) is 8.07. The SMILES string of the molecule is CN=C(NCCc1ccccc1)NCC1(C)CCCC1.I. The van der Waals surface area contributed by atoms with E-state index in [-0.39, 0.29) is 24.0 Å². The highest BCUT2D eigenvalue weighted by molar-refractivity contribution is 14.0. The van der Waals surface area contributed by atoms with Crippen LogP contribution in [0.1, 0.15) is 38.2 Å². The smallest absolute Gasteiger partial charge is 0.191 e. The molecule has 0 bridgehead atoms. The van der Waals surface area contributed by atoms with Gasteiger partial charge < -0.3 is 10.6 Å². The molecule has 2 rings (SSSR count). The maximum absolute atomic E-state index is 4.31. The van der Waals surface area contributed by atoms with Crippen LogP contribution in [-0.4, -0.2) is 26.1 Å². The Labute approximate surface area is 146 Å². The van der Waals surface area contributed by atoms with Crippen molar-refractivity contribution in [1.29, 1.82) is 0 Å². The summed E-state index contributed by atoms with van der Waals surface area (Å²) in [5, 5.41) is 6.87. The average molecular weight is 401 g/mol. The van der Waals surface area contributed by atoms with Crippen molar-refractivity contribution >= 4 is 29.9 Å². The molecule has 1 aromatic carbocycles. The fourth-order valence-corrected chi connectivity index (χ4v) is 2.89. The highest BCUT2D eigenvalue weighted by Gasteiger charge is 2.28. The third kappa shape index (κ3) is 6.24. The molecule has 0 aliphatic heterocycles. The molecule has 0 saturated heterocycles. The van der Waals surface area contributed by atoms with Gasteiger partial charge in [0.1, 0.15) is 0 Å². The molecular weight excluding hydrogens is 373 g/mol. The zero-order valence-corrected chi connectivity index (χ0v) is 15.5. The first-order valence-electron chi connectivity index (χ1n) is 7.70. The summed E-state index contributed by atoms with van der Waals surface area (Å²) >= 11 is 0. The fraction of sp³-hybridized carbons (Fsp3) is 0.588. The zero-order valence-electron chi connectivity index (χ0n) is 13.2. The van der Waals surface area contributed by atoms with Gasteiger partial charge in [-0.25, -0.2) is 0 Å². The normalized spacial score (nSPS) is 17.1. The van der Waals surface area contributed by atoms with E-state index in [1.165, 1.54) is 31.2 Å². The molecule has 1 fully saturated rings. The number of rotatable bonds is 5. The third-order valence-electron chi connectivity index (χ3n) is 4.27. The van der Waals surface area contributed by atoms with E-state index >= 15 is 0 Å². The van der Waals surface area contributed by atoms with Crippen molar-refractivity contribution in [2.24, 2.45) is 10.4 Å². The molecule has 0 atom stereocenters. The standard InChI is InChI=1S/C17H27N3.HI/c1-17(11-6-7-12-17)14-20-16(18-2)19-13-10-15-8-4-3-5-9-15;/h3-5,8-9H,6-7,10-14H2,1-2H3,(H2,18,19,20);1H. The van der Waals surface area contributed by atoms with Crippen LogP contribution in [0.5, 0.6) is 0 Å². The molecule has 1 aliphatic carbocycles. The number of aliphatic imine (C=N–C) groups is 1. The number of guanidine groups is 1. The van der Waals surface area contributed by atoms with E-state index in [2.05, 4.69) is 52.9 Å². The van der Waals surface area contributed by atoms with E-state index in [0.717, 1.165) is 25.5 Å². The molecule has 1 aromatic rings. The molecule has 118 valence electrons. The molecule has 0 radical (unpaired) electrons. The Hall–Kier alpha value is -0.780. The summed E-state index contributed by atoms with van der Waals surface area (Å²) in [6.45, 7) is 4.32. The minimum atomic E-state index is 0. The van der Waals surface area contributed by atoms with Crippen LogP contribution in [0.4, 0.5) is 0 Å². The molecule has 0 heterocycles. The minimum absolute atomic E-state index is 0. The Morgan fingerprint density at radius 1 is 1.14 bits per heavy atom. The topological polar surface area (TPSA) is 36.4 Å². The van der Waals surface area contributed by atoms with E-state index in [0.29, 0.717) is 5.41 Å². The molecule has 2 N–H and O–H groups in total. The van der Waals surface area contributed by atoms with Crippen molar-refractivity contribution in [2.45, 2.75) is 39.0 Å². The summed E-state index contributed by atoms with van der Waals surface area (Å²) in [6, 6.07) is 10.6. The Morgan fingerprint density at radius 2 is 1.81 bits per heavy atom. The summed E-state index contributed by atoms with van der Waals surface area (Å²) in [7, 11) is 1.84. The maximum atomic E-state index is 4.31. The summed E-state index contributed by atoms with van der Waals surface area (Å²) in [5.74, 6) is 0.925. The van der Waals surface area contributed by atoms with Crippen molar-refractivity contribution in [3.63, 3.8) is 0 Å².